The van der Waals surface area contributed by atoms with E-state index in [0.29, 0.717) is 12.2 Å². The molecule has 0 fully saturated rings. The van der Waals surface area contributed by atoms with E-state index in [1.807, 2.05) is 0 Å². The fraction of sp³-hybridized carbons (Fsp3) is 0.214. The average Bonchev–Trinajstić information content (AvgIpc) is 2.83. The van der Waals surface area contributed by atoms with Gasteiger partial charge in [0.15, 0.2) is 0 Å². The van der Waals surface area contributed by atoms with Crippen molar-refractivity contribution in [2.75, 3.05) is 5.32 Å². The SMILES string of the molecule is CCc1ccc(CNc2cccc(Cl)c2C(=O)O)s1. The van der Waals surface area contributed by atoms with Crippen molar-refractivity contribution in [1.29, 1.82) is 0 Å². The van der Waals surface area contributed by atoms with Gasteiger partial charge in [-0.2, -0.15) is 0 Å². The smallest absolute Gasteiger partial charge is 0.339 e. The average molecular weight is 296 g/mol. The molecule has 0 aliphatic rings. The third-order valence-electron chi connectivity index (χ3n) is 2.75. The van der Waals surface area contributed by atoms with Crippen LogP contribution in [0.3, 0.4) is 0 Å². The lowest BCUT2D eigenvalue weighted by atomic mass is 10.1. The van der Waals surface area contributed by atoms with E-state index in [-0.39, 0.29) is 10.6 Å². The molecule has 100 valence electrons. The third kappa shape index (κ3) is 3.28. The summed E-state index contributed by atoms with van der Waals surface area (Å²) < 4.78 is 0. The van der Waals surface area contributed by atoms with E-state index in [1.54, 1.807) is 29.5 Å². The highest BCUT2D eigenvalue weighted by molar-refractivity contribution is 7.12. The number of carboxylic acids is 1. The van der Waals surface area contributed by atoms with Gasteiger partial charge in [0.1, 0.15) is 5.56 Å². The minimum absolute atomic E-state index is 0.122. The van der Waals surface area contributed by atoms with Crippen LogP contribution >= 0.6 is 22.9 Å². The summed E-state index contributed by atoms with van der Waals surface area (Å²) in [6.45, 7) is 2.72. The first-order chi connectivity index (χ1) is 9.11. The van der Waals surface area contributed by atoms with Crippen LogP contribution < -0.4 is 5.32 Å². The van der Waals surface area contributed by atoms with Gasteiger partial charge < -0.3 is 10.4 Å². The van der Waals surface area contributed by atoms with Crippen molar-refractivity contribution >= 4 is 34.6 Å². The predicted molar refractivity (Wildman–Crippen MR) is 79.4 cm³/mol. The fourth-order valence-corrected chi connectivity index (χ4v) is 2.93. The first-order valence-corrected chi connectivity index (χ1v) is 7.14. The standard InChI is InChI=1S/C14H14ClNO2S/c1-2-9-6-7-10(19-9)8-16-12-5-3-4-11(15)13(12)14(17)18/h3-7,16H,2,8H2,1H3,(H,17,18). The van der Waals surface area contributed by atoms with Crippen molar-refractivity contribution in [3.8, 4) is 0 Å². The van der Waals surface area contributed by atoms with Gasteiger partial charge >= 0.3 is 5.97 Å². The summed E-state index contributed by atoms with van der Waals surface area (Å²) in [7, 11) is 0. The van der Waals surface area contributed by atoms with Gasteiger partial charge in [-0.25, -0.2) is 4.79 Å². The molecule has 0 aliphatic heterocycles. The van der Waals surface area contributed by atoms with Crippen LogP contribution in [0.25, 0.3) is 0 Å². The Kier molecular flexibility index (Phi) is 4.45. The molecule has 0 amide bonds. The fourth-order valence-electron chi connectivity index (χ4n) is 1.78. The number of thiophene rings is 1. The second kappa shape index (κ2) is 6.08. The van der Waals surface area contributed by atoms with Gasteiger partial charge in [-0.1, -0.05) is 24.6 Å². The summed E-state index contributed by atoms with van der Waals surface area (Å²) in [4.78, 5) is 13.7. The predicted octanol–water partition coefficient (Wildman–Crippen LogP) is 4.27. The highest BCUT2D eigenvalue weighted by Gasteiger charge is 2.14. The van der Waals surface area contributed by atoms with Crippen LogP contribution in [0, 0.1) is 0 Å². The van der Waals surface area contributed by atoms with Gasteiger partial charge in [0.25, 0.3) is 0 Å². The van der Waals surface area contributed by atoms with E-state index < -0.39 is 5.97 Å². The van der Waals surface area contributed by atoms with Crippen molar-refractivity contribution in [3.05, 3.63) is 50.7 Å². The molecule has 1 aromatic carbocycles. The maximum absolute atomic E-state index is 11.2. The molecule has 0 atom stereocenters. The lowest BCUT2D eigenvalue weighted by molar-refractivity contribution is 0.0698. The minimum atomic E-state index is -1.02. The number of carboxylic acid groups (broad SMARTS) is 1. The topological polar surface area (TPSA) is 49.3 Å². The summed E-state index contributed by atoms with van der Waals surface area (Å²) in [6, 6.07) is 9.20. The quantitative estimate of drug-likeness (QED) is 0.866. The van der Waals surface area contributed by atoms with Gasteiger partial charge in [0.2, 0.25) is 0 Å². The first kappa shape index (κ1) is 13.9. The molecule has 5 heteroatoms. The molecule has 0 spiro atoms. The molecular formula is C14H14ClNO2S. The minimum Gasteiger partial charge on any atom is -0.478 e. The molecule has 1 heterocycles. The summed E-state index contributed by atoms with van der Waals surface area (Å²) in [5.74, 6) is -1.02. The number of rotatable bonds is 5. The van der Waals surface area contributed by atoms with E-state index in [0.717, 1.165) is 6.42 Å². The molecular weight excluding hydrogens is 282 g/mol. The Morgan fingerprint density at radius 3 is 2.68 bits per heavy atom. The van der Waals surface area contributed by atoms with Crippen LogP contribution in [0.1, 0.15) is 27.0 Å². The Labute approximate surface area is 120 Å². The summed E-state index contributed by atoms with van der Waals surface area (Å²) in [6.07, 6.45) is 1.02. The molecule has 3 nitrogen and oxygen atoms in total. The van der Waals surface area contributed by atoms with Gasteiger partial charge in [-0.05, 0) is 30.7 Å². The van der Waals surface area contributed by atoms with Crippen LogP contribution in [0.15, 0.2) is 30.3 Å². The van der Waals surface area contributed by atoms with Gasteiger partial charge in [0.05, 0.1) is 10.7 Å². The second-order valence-corrected chi connectivity index (χ2v) is 5.70. The molecule has 0 aliphatic carbocycles. The maximum atomic E-state index is 11.2. The molecule has 19 heavy (non-hydrogen) atoms. The molecule has 2 N–H and O–H groups in total. The van der Waals surface area contributed by atoms with Crippen LogP contribution in [-0.4, -0.2) is 11.1 Å². The van der Waals surface area contributed by atoms with E-state index in [2.05, 4.69) is 24.4 Å². The van der Waals surface area contributed by atoms with Crippen molar-refractivity contribution in [3.63, 3.8) is 0 Å². The molecule has 1 aromatic heterocycles. The lowest BCUT2D eigenvalue weighted by Crippen LogP contribution is -2.06. The number of hydrogen-bond acceptors (Lipinski definition) is 3. The summed E-state index contributed by atoms with van der Waals surface area (Å²) >= 11 is 7.64. The number of nitrogens with one attached hydrogen (secondary N) is 1. The zero-order valence-electron chi connectivity index (χ0n) is 10.4. The first-order valence-electron chi connectivity index (χ1n) is 5.95. The number of halogens is 1. The van der Waals surface area contributed by atoms with Gasteiger partial charge in [-0.15, -0.1) is 11.3 Å². The highest BCUT2D eigenvalue weighted by atomic mass is 35.5. The highest BCUT2D eigenvalue weighted by Crippen LogP contribution is 2.25. The van der Waals surface area contributed by atoms with E-state index in [9.17, 15) is 4.79 Å². The third-order valence-corrected chi connectivity index (χ3v) is 4.29. The van der Waals surface area contributed by atoms with Crippen molar-refractivity contribution in [2.45, 2.75) is 19.9 Å². The number of anilines is 1. The molecule has 0 saturated carbocycles. The molecule has 0 radical (unpaired) electrons. The Morgan fingerprint density at radius 2 is 2.05 bits per heavy atom. The van der Waals surface area contributed by atoms with Crippen LogP contribution in [0.5, 0.6) is 0 Å². The molecule has 0 bridgehead atoms. The van der Waals surface area contributed by atoms with Crippen molar-refractivity contribution in [1.82, 2.24) is 0 Å². The number of carbonyl (C=O) groups is 1. The van der Waals surface area contributed by atoms with E-state index in [1.165, 1.54) is 9.75 Å². The Hall–Kier alpha value is -1.52. The monoisotopic (exact) mass is 295 g/mol. The van der Waals surface area contributed by atoms with Crippen LogP contribution in [0.4, 0.5) is 5.69 Å². The van der Waals surface area contributed by atoms with Crippen LogP contribution in [0.2, 0.25) is 5.02 Å². The summed E-state index contributed by atoms with van der Waals surface area (Å²) in [5, 5.41) is 12.5. The number of benzene rings is 1. The Balaban J connectivity index is 2.15. The Bertz CT molecular complexity index is 595. The van der Waals surface area contributed by atoms with E-state index >= 15 is 0 Å². The van der Waals surface area contributed by atoms with Gasteiger partial charge in [0, 0.05) is 16.3 Å². The number of hydrogen-bond donors (Lipinski definition) is 2. The Morgan fingerprint density at radius 1 is 1.32 bits per heavy atom. The zero-order chi connectivity index (χ0) is 13.8. The van der Waals surface area contributed by atoms with Gasteiger partial charge in [-0.3, -0.25) is 0 Å². The van der Waals surface area contributed by atoms with E-state index in [4.69, 9.17) is 16.7 Å². The van der Waals surface area contributed by atoms with Crippen LogP contribution in [-0.2, 0) is 13.0 Å². The molecule has 2 aromatic rings. The second-order valence-electron chi connectivity index (χ2n) is 4.04. The number of aryl methyl sites for hydroxylation is 1. The lowest BCUT2D eigenvalue weighted by Gasteiger charge is -2.09. The molecule has 2 rings (SSSR count). The maximum Gasteiger partial charge on any atom is 0.339 e. The van der Waals surface area contributed by atoms with Crippen molar-refractivity contribution < 1.29 is 9.90 Å². The normalized spacial score (nSPS) is 10.4. The largest absolute Gasteiger partial charge is 0.478 e. The van der Waals surface area contributed by atoms with Crippen molar-refractivity contribution in [2.24, 2.45) is 0 Å². The molecule has 0 unspecified atom stereocenters. The molecule has 0 saturated heterocycles. The zero-order valence-corrected chi connectivity index (χ0v) is 12.0. The summed E-state index contributed by atoms with van der Waals surface area (Å²) in [5.41, 5.74) is 0.669. The number of aromatic carboxylic acids is 1.